The molecule has 3 rings (SSSR count). The van der Waals surface area contributed by atoms with E-state index in [4.69, 9.17) is 4.52 Å². The Hall–Kier alpha value is -1.98. The van der Waals surface area contributed by atoms with Crippen molar-refractivity contribution in [3.63, 3.8) is 0 Å². The van der Waals surface area contributed by atoms with E-state index in [1.165, 1.54) is 0 Å². The first kappa shape index (κ1) is 10.2. The maximum atomic E-state index is 11.2. The normalized spacial score (nSPS) is 19.0. The molecule has 0 aliphatic heterocycles. The van der Waals surface area contributed by atoms with Gasteiger partial charge >= 0.3 is 0 Å². The molecule has 0 spiro atoms. The Morgan fingerprint density at radius 3 is 3.18 bits per heavy atom. The van der Waals surface area contributed by atoms with Crippen molar-refractivity contribution < 1.29 is 4.52 Å². The Morgan fingerprint density at radius 2 is 2.41 bits per heavy atom. The quantitative estimate of drug-likeness (QED) is 0.783. The fourth-order valence-corrected chi connectivity index (χ4v) is 2.23. The maximum absolute atomic E-state index is 11.2. The molecule has 88 valence electrons. The fourth-order valence-electron chi connectivity index (χ4n) is 2.23. The van der Waals surface area contributed by atoms with Crippen LogP contribution in [-0.2, 0) is 12.8 Å². The first-order valence-electron chi connectivity index (χ1n) is 5.60. The van der Waals surface area contributed by atoms with Crippen LogP contribution in [0.2, 0.25) is 0 Å². The van der Waals surface area contributed by atoms with E-state index in [0.29, 0.717) is 11.7 Å². The van der Waals surface area contributed by atoms with Crippen LogP contribution in [-0.4, -0.2) is 20.3 Å². The summed E-state index contributed by atoms with van der Waals surface area (Å²) in [5.74, 6) is 1.51. The van der Waals surface area contributed by atoms with Crippen LogP contribution < -0.4 is 5.56 Å². The lowest BCUT2D eigenvalue weighted by Crippen LogP contribution is -2.19. The zero-order valence-electron chi connectivity index (χ0n) is 9.43. The van der Waals surface area contributed by atoms with Crippen LogP contribution in [0.5, 0.6) is 0 Å². The summed E-state index contributed by atoms with van der Waals surface area (Å²) in [5.41, 5.74) is 1.80. The summed E-state index contributed by atoms with van der Waals surface area (Å²) in [6.45, 7) is 1.80. The van der Waals surface area contributed by atoms with E-state index in [9.17, 15) is 4.79 Å². The number of nitrogens with zero attached hydrogens (tertiary/aromatic N) is 3. The molecule has 2 aromatic rings. The van der Waals surface area contributed by atoms with E-state index in [-0.39, 0.29) is 11.5 Å². The molecule has 0 saturated heterocycles. The predicted octanol–water partition coefficient (Wildman–Crippen LogP) is 0.734. The summed E-state index contributed by atoms with van der Waals surface area (Å²) in [7, 11) is 0. The van der Waals surface area contributed by atoms with Crippen molar-refractivity contribution in [1.82, 2.24) is 20.3 Å². The Labute approximate surface area is 97.1 Å². The Morgan fingerprint density at radius 1 is 1.53 bits per heavy atom. The molecule has 0 aromatic carbocycles. The fraction of sp³-hybridized carbons (Fsp3) is 0.455. The van der Waals surface area contributed by atoms with Crippen molar-refractivity contribution in [2.24, 2.45) is 0 Å². The van der Waals surface area contributed by atoms with Gasteiger partial charge in [-0.15, -0.1) is 0 Å². The topological polar surface area (TPSA) is 84.7 Å². The summed E-state index contributed by atoms with van der Waals surface area (Å²) >= 11 is 0. The smallest absolute Gasteiger partial charge is 0.264 e. The van der Waals surface area contributed by atoms with Gasteiger partial charge in [0.05, 0.1) is 5.69 Å². The van der Waals surface area contributed by atoms with Crippen molar-refractivity contribution in [1.29, 1.82) is 0 Å². The number of H-pyrrole nitrogens is 1. The lowest BCUT2D eigenvalue weighted by atomic mass is 9.87. The van der Waals surface area contributed by atoms with Crippen molar-refractivity contribution in [2.45, 2.75) is 32.1 Å². The number of aryl methyl sites for hydroxylation is 2. The van der Waals surface area contributed by atoms with E-state index >= 15 is 0 Å². The third-order valence-electron chi connectivity index (χ3n) is 3.07. The molecule has 0 amide bonds. The summed E-state index contributed by atoms with van der Waals surface area (Å²) in [6.07, 6.45) is 2.50. The van der Waals surface area contributed by atoms with Crippen molar-refractivity contribution in [3.05, 3.63) is 39.4 Å². The lowest BCUT2D eigenvalue weighted by Gasteiger charge is -2.19. The second-order valence-corrected chi connectivity index (χ2v) is 4.32. The van der Waals surface area contributed by atoms with Gasteiger partial charge in [0.15, 0.2) is 5.82 Å². The molecule has 1 N–H and O–H groups in total. The number of rotatable bonds is 1. The second kappa shape index (κ2) is 3.80. The third-order valence-corrected chi connectivity index (χ3v) is 3.07. The van der Waals surface area contributed by atoms with Gasteiger partial charge in [-0.05, 0) is 31.7 Å². The minimum atomic E-state index is -0.161. The number of fused-ring (bicyclic) bond motifs is 1. The van der Waals surface area contributed by atoms with Gasteiger partial charge < -0.3 is 4.52 Å². The highest BCUT2D eigenvalue weighted by Crippen LogP contribution is 2.29. The van der Waals surface area contributed by atoms with E-state index in [0.717, 1.165) is 30.5 Å². The number of hydrogen-bond acceptors (Lipinski definition) is 5. The third kappa shape index (κ3) is 1.86. The molecule has 1 aliphatic rings. The lowest BCUT2D eigenvalue weighted by molar-refractivity contribution is 0.337. The summed E-state index contributed by atoms with van der Waals surface area (Å²) in [6, 6.07) is 1.61. The Balaban J connectivity index is 1.92. The molecule has 1 aliphatic carbocycles. The minimum absolute atomic E-state index is 0.161. The standard InChI is InChI=1S/C11H12N4O2/c1-6-12-11(17-15-6)7-2-3-9-8(4-7)5-10(16)14-13-9/h5,7H,2-4H2,1H3,(H,14,16). The van der Waals surface area contributed by atoms with E-state index in [1.54, 1.807) is 13.0 Å². The van der Waals surface area contributed by atoms with Gasteiger partial charge in [-0.1, -0.05) is 5.16 Å². The van der Waals surface area contributed by atoms with Gasteiger partial charge in [0, 0.05) is 12.0 Å². The largest absolute Gasteiger partial charge is 0.339 e. The molecule has 1 unspecified atom stereocenters. The molecule has 1 atom stereocenters. The molecular weight excluding hydrogens is 220 g/mol. The molecule has 0 fully saturated rings. The molecular formula is C11H12N4O2. The van der Waals surface area contributed by atoms with Crippen LogP contribution in [0.25, 0.3) is 0 Å². The average Bonchev–Trinajstić information content (AvgIpc) is 2.75. The summed E-state index contributed by atoms with van der Waals surface area (Å²) in [4.78, 5) is 15.5. The summed E-state index contributed by atoms with van der Waals surface area (Å²) in [5, 5.41) is 10.3. The molecule has 2 heterocycles. The highest BCUT2D eigenvalue weighted by molar-refractivity contribution is 5.23. The molecule has 0 saturated carbocycles. The molecule has 2 aromatic heterocycles. The zero-order chi connectivity index (χ0) is 11.8. The average molecular weight is 232 g/mol. The van der Waals surface area contributed by atoms with Gasteiger partial charge in [0.25, 0.3) is 5.56 Å². The predicted molar refractivity (Wildman–Crippen MR) is 58.7 cm³/mol. The SMILES string of the molecule is Cc1noc(C2CCc3n[nH]c(=O)cc3C2)n1. The van der Waals surface area contributed by atoms with Gasteiger partial charge in [0.2, 0.25) is 5.89 Å². The minimum Gasteiger partial charge on any atom is -0.339 e. The van der Waals surface area contributed by atoms with Gasteiger partial charge in [-0.3, -0.25) is 4.79 Å². The van der Waals surface area contributed by atoms with Crippen LogP contribution >= 0.6 is 0 Å². The monoisotopic (exact) mass is 232 g/mol. The Kier molecular flexibility index (Phi) is 2.28. The second-order valence-electron chi connectivity index (χ2n) is 4.32. The first-order chi connectivity index (χ1) is 8.22. The highest BCUT2D eigenvalue weighted by Gasteiger charge is 2.25. The zero-order valence-corrected chi connectivity index (χ0v) is 9.43. The van der Waals surface area contributed by atoms with Gasteiger partial charge in [-0.25, -0.2) is 5.10 Å². The first-order valence-corrected chi connectivity index (χ1v) is 5.60. The number of aromatic nitrogens is 4. The number of hydrogen-bond donors (Lipinski definition) is 1. The summed E-state index contributed by atoms with van der Waals surface area (Å²) < 4.78 is 5.18. The van der Waals surface area contributed by atoms with Crippen LogP contribution in [0, 0.1) is 6.92 Å². The van der Waals surface area contributed by atoms with Crippen molar-refractivity contribution >= 4 is 0 Å². The van der Waals surface area contributed by atoms with Crippen molar-refractivity contribution in [2.75, 3.05) is 0 Å². The molecule has 0 bridgehead atoms. The van der Waals surface area contributed by atoms with Crippen molar-refractivity contribution in [3.8, 4) is 0 Å². The van der Waals surface area contributed by atoms with Crippen LogP contribution in [0.15, 0.2) is 15.4 Å². The molecule has 17 heavy (non-hydrogen) atoms. The molecule has 0 radical (unpaired) electrons. The molecule has 6 heteroatoms. The Bertz CT molecular complexity index is 602. The highest BCUT2D eigenvalue weighted by atomic mass is 16.5. The van der Waals surface area contributed by atoms with E-state index in [2.05, 4.69) is 20.3 Å². The van der Waals surface area contributed by atoms with Gasteiger partial charge in [-0.2, -0.15) is 10.1 Å². The van der Waals surface area contributed by atoms with Crippen LogP contribution in [0.3, 0.4) is 0 Å². The number of aromatic amines is 1. The number of nitrogens with one attached hydrogen (secondary N) is 1. The van der Waals surface area contributed by atoms with E-state index in [1.807, 2.05) is 0 Å². The van der Waals surface area contributed by atoms with Gasteiger partial charge in [0.1, 0.15) is 0 Å². The molecule has 6 nitrogen and oxygen atoms in total. The van der Waals surface area contributed by atoms with E-state index < -0.39 is 0 Å². The van der Waals surface area contributed by atoms with Crippen LogP contribution in [0.4, 0.5) is 0 Å². The van der Waals surface area contributed by atoms with Crippen LogP contribution in [0.1, 0.15) is 35.3 Å². The maximum Gasteiger partial charge on any atom is 0.264 e.